The lowest BCUT2D eigenvalue weighted by atomic mass is 9.99. The maximum absolute atomic E-state index is 13.5. The summed E-state index contributed by atoms with van der Waals surface area (Å²) in [6.45, 7) is 2.27. The van der Waals surface area contributed by atoms with Crippen LogP contribution in [0.5, 0.6) is 5.75 Å². The molecule has 5 nitrogen and oxygen atoms in total. The molecule has 3 aromatic carbocycles. The van der Waals surface area contributed by atoms with E-state index in [0.717, 1.165) is 50.9 Å². The topological polar surface area (TPSA) is 45.7 Å². The van der Waals surface area contributed by atoms with Crippen molar-refractivity contribution in [3.05, 3.63) is 90.1 Å². The molecule has 4 aromatic rings. The van der Waals surface area contributed by atoms with E-state index in [2.05, 4.69) is 23.2 Å². The van der Waals surface area contributed by atoms with Crippen LogP contribution in [-0.4, -0.2) is 42.5 Å². The number of anilines is 1. The first-order chi connectivity index (χ1) is 16.2. The molecule has 2 aliphatic rings. The first kappa shape index (κ1) is 20.0. The Balaban J connectivity index is 1.23. The van der Waals surface area contributed by atoms with E-state index in [1.807, 2.05) is 65.6 Å². The van der Waals surface area contributed by atoms with Gasteiger partial charge in [0.05, 0.1) is 17.3 Å². The molecule has 3 heterocycles. The van der Waals surface area contributed by atoms with Gasteiger partial charge in [0.15, 0.2) is 5.13 Å². The molecule has 0 N–H and O–H groups in total. The van der Waals surface area contributed by atoms with Gasteiger partial charge in [0.25, 0.3) is 5.91 Å². The number of carbonyl (C=O) groups is 1. The van der Waals surface area contributed by atoms with Crippen molar-refractivity contribution in [2.45, 2.75) is 0 Å². The zero-order valence-electron chi connectivity index (χ0n) is 18.3. The van der Waals surface area contributed by atoms with E-state index in [4.69, 9.17) is 9.72 Å². The number of hydrogen-bond acceptors (Lipinski definition) is 5. The molecule has 0 bridgehead atoms. The summed E-state index contributed by atoms with van der Waals surface area (Å²) in [4.78, 5) is 22.5. The van der Waals surface area contributed by atoms with Crippen LogP contribution in [0.1, 0.15) is 10.4 Å². The van der Waals surface area contributed by atoms with E-state index in [0.29, 0.717) is 12.5 Å². The van der Waals surface area contributed by atoms with Crippen molar-refractivity contribution in [2.75, 3.05) is 31.6 Å². The molecule has 6 rings (SSSR count). The van der Waals surface area contributed by atoms with Gasteiger partial charge >= 0.3 is 0 Å². The third-order valence-electron chi connectivity index (χ3n) is 6.44. The minimum absolute atomic E-state index is 0.100. The highest BCUT2D eigenvalue weighted by Crippen LogP contribution is 2.38. The largest absolute Gasteiger partial charge is 0.497 e. The quantitative estimate of drug-likeness (QED) is 0.412. The minimum atomic E-state index is 0.100. The summed E-state index contributed by atoms with van der Waals surface area (Å²) in [5, 5.41) is 0.993. The maximum atomic E-state index is 13.5. The lowest BCUT2D eigenvalue weighted by molar-refractivity contribution is 0.0790. The summed E-state index contributed by atoms with van der Waals surface area (Å²) >= 11 is 1.68. The zero-order chi connectivity index (χ0) is 22.4. The Hall–Kier alpha value is -3.64. The second kappa shape index (κ2) is 8.05. The maximum Gasteiger partial charge on any atom is 0.254 e. The van der Waals surface area contributed by atoms with Crippen LogP contribution in [0.4, 0.5) is 5.13 Å². The average Bonchev–Trinajstić information content (AvgIpc) is 3.56. The predicted molar refractivity (Wildman–Crippen MR) is 133 cm³/mol. The molecule has 0 spiro atoms. The Bertz CT molecular complexity index is 1380. The average molecular weight is 454 g/mol. The van der Waals surface area contributed by atoms with Crippen LogP contribution in [0.25, 0.3) is 21.3 Å². The fraction of sp³-hybridized carbons (Fsp3) is 0.185. The van der Waals surface area contributed by atoms with E-state index in [-0.39, 0.29) is 5.91 Å². The molecule has 1 amide bonds. The van der Waals surface area contributed by atoms with Gasteiger partial charge in [0.2, 0.25) is 0 Å². The number of methoxy groups -OCH3 is 1. The molecular weight excluding hydrogens is 430 g/mol. The van der Waals surface area contributed by atoms with Gasteiger partial charge in [0.1, 0.15) is 5.75 Å². The summed E-state index contributed by atoms with van der Waals surface area (Å²) in [5.74, 6) is 1.29. The standard InChI is InChI=1S/C27H23N3O2S/c1-32-21-11-12-24-25(13-21)33-27(28-24)30-16-19-14-29(15-20(19)17-30)26(31)23-10-6-5-9-22(23)18-7-3-2-4-8-18/h2-13,16,20H,14-15,17H2,1H3. The molecule has 0 saturated carbocycles. The van der Waals surface area contributed by atoms with Crippen molar-refractivity contribution >= 4 is 32.6 Å². The highest BCUT2D eigenvalue weighted by atomic mass is 32.1. The molecule has 1 fully saturated rings. The van der Waals surface area contributed by atoms with Crippen LogP contribution in [-0.2, 0) is 0 Å². The number of amides is 1. The first-order valence-electron chi connectivity index (χ1n) is 11.0. The number of ether oxygens (including phenoxy) is 1. The van der Waals surface area contributed by atoms with Crippen molar-refractivity contribution in [3.8, 4) is 16.9 Å². The number of aromatic nitrogens is 1. The molecule has 164 valence electrons. The zero-order valence-corrected chi connectivity index (χ0v) is 19.1. The highest BCUT2D eigenvalue weighted by molar-refractivity contribution is 7.22. The monoisotopic (exact) mass is 453 g/mol. The smallest absolute Gasteiger partial charge is 0.254 e. The van der Waals surface area contributed by atoms with Crippen molar-refractivity contribution in [1.82, 2.24) is 9.88 Å². The van der Waals surface area contributed by atoms with Crippen LogP contribution in [0.15, 0.2) is 84.6 Å². The van der Waals surface area contributed by atoms with Gasteiger partial charge in [-0.1, -0.05) is 59.9 Å². The number of nitrogens with zero attached hydrogens (tertiary/aromatic N) is 3. The fourth-order valence-electron chi connectivity index (χ4n) is 4.75. The molecule has 1 saturated heterocycles. The Labute approximate surface area is 196 Å². The van der Waals surface area contributed by atoms with Gasteiger partial charge in [-0.25, -0.2) is 4.98 Å². The number of likely N-dealkylation sites (tertiary alicyclic amines) is 1. The van der Waals surface area contributed by atoms with Crippen molar-refractivity contribution in [2.24, 2.45) is 5.92 Å². The summed E-state index contributed by atoms with van der Waals surface area (Å²) in [7, 11) is 1.68. The summed E-state index contributed by atoms with van der Waals surface area (Å²) in [5.41, 5.74) is 5.11. The molecule has 6 heteroatoms. The lowest BCUT2D eigenvalue weighted by Gasteiger charge is -2.20. The highest BCUT2D eigenvalue weighted by Gasteiger charge is 2.37. The number of benzene rings is 3. The number of carbonyl (C=O) groups excluding carboxylic acids is 1. The van der Waals surface area contributed by atoms with Crippen LogP contribution in [0.3, 0.4) is 0 Å². The fourth-order valence-corrected chi connectivity index (χ4v) is 5.73. The number of hydrogen-bond donors (Lipinski definition) is 0. The third kappa shape index (κ3) is 3.56. The van der Waals surface area contributed by atoms with Crippen LogP contribution < -0.4 is 9.64 Å². The third-order valence-corrected chi connectivity index (χ3v) is 7.49. The van der Waals surface area contributed by atoms with Gasteiger partial charge in [-0.05, 0) is 41.0 Å². The van der Waals surface area contributed by atoms with E-state index >= 15 is 0 Å². The van der Waals surface area contributed by atoms with Gasteiger partial charge in [-0.15, -0.1) is 0 Å². The molecule has 2 aliphatic heterocycles. The Morgan fingerprint density at radius 2 is 1.85 bits per heavy atom. The van der Waals surface area contributed by atoms with Crippen molar-refractivity contribution < 1.29 is 9.53 Å². The molecular formula is C27H23N3O2S. The Morgan fingerprint density at radius 3 is 2.67 bits per heavy atom. The van der Waals surface area contributed by atoms with E-state index in [1.54, 1.807) is 18.4 Å². The second-order valence-corrected chi connectivity index (χ2v) is 9.49. The van der Waals surface area contributed by atoms with E-state index in [9.17, 15) is 4.79 Å². The summed E-state index contributed by atoms with van der Waals surface area (Å²) < 4.78 is 6.46. The van der Waals surface area contributed by atoms with Gasteiger partial charge < -0.3 is 14.5 Å². The molecule has 0 radical (unpaired) electrons. The van der Waals surface area contributed by atoms with Crippen molar-refractivity contribution in [1.29, 1.82) is 0 Å². The van der Waals surface area contributed by atoms with E-state index < -0.39 is 0 Å². The molecule has 0 aliphatic carbocycles. The Morgan fingerprint density at radius 1 is 1.03 bits per heavy atom. The molecule has 1 unspecified atom stereocenters. The van der Waals surface area contributed by atoms with Gasteiger partial charge in [0, 0.05) is 37.3 Å². The van der Waals surface area contributed by atoms with Crippen LogP contribution >= 0.6 is 11.3 Å². The van der Waals surface area contributed by atoms with Crippen molar-refractivity contribution in [3.63, 3.8) is 0 Å². The normalized spacial score (nSPS) is 17.4. The van der Waals surface area contributed by atoms with Crippen LogP contribution in [0.2, 0.25) is 0 Å². The lowest BCUT2D eigenvalue weighted by Crippen LogP contribution is -2.31. The predicted octanol–water partition coefficient (Wildman–Crippen LogP) is 5.45. The summed E-state index contributed by atoms with van der Waals surface area (Å²) in [6, 6.07) is 24.0. The first-order valence-corrected chi connectivity index (χ1v) is 11.9. The SMILES string of the molecule is COc1ccc2nc(N3C=C4CN(C(=O)c5ccccc5-c5ccccc5)CC4C3)sc2c1. The molecule has 1 aromatic heterocycles. The summed E-state index contributed by atoms with van der Waals surface area (Å²) in [6.07, 6.45) is 2.19. The van der Waals surface area contributed by atoms with E-state index in [1.165, 1.54) is 5.57 Å². The van der Waals surface area contributed by atoms with Crippen LogP contribution in [0, 0.1) is 5.92 Å². The Kier molecular flexibility index (Phi) is 4.88. The van der Waals surface area contributed by atoms with Gasteiger partial charge in [-0.2, -0.15) is 0 Å². The van der Waals surface area contributed by atoms with Gasteiger partial charge in [-0.3, -0.25) is 4.79 Å². The second-order valence-electron chi connectivity index (χ2n) is 8.48. The molecule has 33 heavy (non-hydrogen) atoms. The minimum Gasteiger partial charge on any atom is -0.497 e. The number of fused-ring (bicyclic) bond motifs is 2. The molecule has 1 atom stereocenters. The number of thiazole rings is 1. The number of rotatable bonds is 4.